The number of aromatic nitrogens is 1. The summed E-state index contributed by atoms with van der Waals surface area (Å²) in [6.07, 6.45) is 4.31. The SMILES string of the molecule is CCc1ccc(C(=O)NC2CCC(NC(=O)c3csc(COc4cc(C)cc(C)c4)n3)CC2)cc1. The molecule has 7 heteroatoms. The maximum atomic E-state index is 12.7. The summed E-state index contributed by atoms with van der Waals surface area (Å²) >= 11 is 1.43. The Bertz CT molecular complexity index is 1140. The third-order valence-corrected chi connectivity index (χ3v) is 7.19. The Kier molecular flexibility index (Phi) is 8.18. The van der Waals surface area contributed by atoms with Crippen LogP contribution in [0.5, 0.6) is 5.75 Å². The van der Waals surface area contributed by atoms with Gasteiger partial charge in [0.15, 0.2) is 0 Å². The molecule has 1 aliphatic carbocycles. The normalized spacial score (nSPS) is 17.6. The van der Waals surface area contributed by atoms with Gasteiger partial charge in [-0.2, -0.15) is 0 Å². The number of amides is 2. The number of thiazole rings is 1. The fourth-order valence-electron chi connectivity index (χ4n) is 4.44. The number of rotatable bonds is 8. The molecular weight excluding hydrogens is 458 g/mol. The second-order valence-electron chi connectivity index (χ2n) is 9.28. The molecule has 1 saturated carbocycles. The fraction of sp³-hybridized carbons (Fsp3) is 0.393. The highest BCUT2D eigenvalue weighted by atomic mass is 32.1. The highest BCUT2D eigenvalue weighted by Gasteiger charge is 2.25. The summed E-state index contributed by atoms with van der Waals surface area (Å²) in [7, 11) is 0. The minimum absolute atomic E-state index is 0.0295. The van der Waals surface area contributed by atoms with Gasteiger partial charge in [0.05, 0.1) is 0 Å². The third kappa shape index (κ3) is 6.92. The highest BCUT2D eigenvalue weighted by molar-refractivity contribution is 7.09. The molecule has 1 aromatic heterocycles. The van der Waals surface area contributed by atoms with Crippen LogP contribution in [0.1, 0.15) is 75.2 Å². The van der Waals surface area contributed by atoms with Gasteiger partial charge in [0.1, 0.15) is 23.1 Å². The number of aryl methyl sites for hydroxylation is 3. The zero-order chi connectivity index (χ0) is 24.8. The van der Waals surface area contributed by atoms with E-state index in [0.29, 0.717) is 17.9 Å². The predicted octanol–water partition coefficient (Wildman–Crippen LogP) is 5.37. The van der Waals surface area contributed by atoms with E-state index in [1.807, 2.05) is 50.2 Å². The molecule has 184 valence electrons. The lowest BCUT2D eigenvalue weighted by atomic mass is 9.91. The quantitative estimate of drug-likeness (QED) is 0.444. The Labute approximate surface area is 211 Å². The van der Waals surface area contributed by atoms with Gasteiger partial charge >= 0.3 is 0 Å². The van der Waals surface area contributed by atoms with Crippen molar-refractivity contribution in [1.29, 1.82) is 0 Å². The minimum Gasteiger partial charge on any atom is -0.486 e. The van der Waals surface area contributed by atoms with Crippen molar-refractivity contribution >= 4 is 23.2 Å². The number of nitrogens with zero attached hydrogens (tertiary/aromatic N) is 1. The van der Waals surface area contributed by atoms with E-state index in [0.717, 1.165) is 54.0 Å². The van der Waals surface area contributed by atoms with Crippen LogP contribution in [0, 0.1) is 13.8 Å². The highest BCUT2D eigenvalue weighted by Crippen LogP contribution is 2.21. The van der Waals surface area contributed by atoms with Gasteiger partial charge in [-0.3, -0.25) is 9.59 Å². The smallest absolute Gasteiger partial charge is 0.270 e. The average Bonchev–Trinajstić information content (AvgIpc) is 3.33. The zero-order valence-corrected chi connectivity index (χ0v) is 21.4. The molecule has 0 aliphatic heterocycles. The first-order valence-corrected chi connectivity index (χ1v) is 13.1. The molecule has 1 fully saturated rings. The lowest BCUT2D eigenvalue weighted by Crippen LogP contribution is -2.43. The van der Waals surface area contributed by atoms with Crippen LogP contribution in [0.2, 0.25) is 0 Å². The van der Waals surface area contributed by atoms with E-state index < -0.39 is 0 Å². The van der Waals surface area contributed by atoms with Gasteiger partial charge in [-0.1, -0.05) is 25.1 Å². The van der Waals surface area contributed by atoms with Crippen LogP contribution in [0.15, 0.2) is 47.8 Å². The lowest BCUT2D eigenvalue weighted by Gasteiger charge is -2.29. The first-order chi connectivity index (χ1) is 16.9. The Morgan fingerprint density at radius 1 is 0.943 bits per heavy atom. The van der Waals surface area contributed by atoms with Crippen LogP contribution in [-0.2, 0) is 13.0 Å². The number of benzene rings is 2. The van der Waals surface area contributed by atoms with Gasteiger partial charge in [0.25, 0.3) is 11.8 Å². The number of hydrogen-bond donors (Lipinski definition) is 2. The summed E-state index contributed by atoms with van der Waals surface area (Å²) in [6, 6.07) is 14.1. The second-order valence-corrected chi connectivity index (χ2v) is 10.2. The molecule has 0 spiro atoms. The summed E-state index contributed by atoms with van der Waals surface area (Å²) in [5, 5.41) is 8.80. The molecule has 0 radical (unpaired) electrons. The standard InChI is InChI=1S/C28H33N3O3S/c1-4-20-5-7-21(8-6-20)27(32)29-22-9-11-23(12-10-22)30-28(33)25-17-35-26(31-25)16-34-24-14-18(2)13-19(3)15-24/h5-8,13-15,17,22-23H,4,9-12,16H2,1-3H3,(H,29,32)(H,30,33). The van der Waals surface area contributed by atoms with Crippen LogP contribution in [-0.4, -0.2) is 28.9 Å². The van der Waals surface area contributed by atoms with Gasteiger partial charge in [0, 0.05) is 23.0 Å². The van der Waals surface area contributed by atoms with Crippen molar-refractivity contribution in [2.75, 3.05) is 0 Å². The van der Waals surface area contributed by atoms with E-state index in [2.05, 4.69) is 28.6 Å². The van der Waals surface area contributed by atoms with Crippen molar-refractivity contribution in [2.45, 2.75) is 71.6 Å². The summed E-state index contributed by atoms with van der Waals surface area (Å²) in [5.41, 5.74) is 4.65. The summed E-state index contributed by atoms with van der Waals surface area (Å²) in [4.78, 5) is 29.7. The predicted molar refractivity (Wildman–Crippen MR) is 139 cm³/mol. The molecule has 6 nitrogen and oxygen atoms in total. The van der Waals surface area contributed by atoms with Crippen molar-refractivity contribution in [1.82, 2.24) is 15.6 Å². The summed E-state index contributed by atoms with van der Waals surface area (Å²) in [6.45, 7) is 6.52. The first kappa shape index (κ1) is 24.9. The van der Waals surface area contributed by atoms with E-state index in [1.54, 1.807) is 5.38 Å². The molecular formula is C28H33N3O3S. The zero-order valence-electron chi connectivity index (χ0n) is 20.6. The molecule has 0 bridgehead atoms. The van der Waals surface area contributed by atoms with Crippen molar-refractivity contribution in [3.63, 3.8) is 0 Å². The molecule has 0 unspecified atom stereocenters. The fourth-order valence-corrected chi connectivity index (χ4v) is 5.13. The molecule has 1 aliphatic rings. The summed E-state index contributed by atoms with van der Waals surface area (Å²) in [5.74, 6) is 0.631. The second kappa shape index (κ2) is 11.5. The number of hydrogen-bond acceptors (Lipinski definition) is 5. The Hall–Kier alpha value is -3.19. The molecule has 2 amide bonds. The largest absolute Gasteiger partial charge is 0.486 e. The average molecular weight is 492 g/mol. The Morgan fingerprint density at radius 2 is 1.54 bits per heavy atom. The number of carbonyl (C=O) groups is 2. The van der Waals surface area contributed by atoms with E-state index in [-0.39, 0.29) is 23.9 Å². The maximum absolute atomic E-state index is 12.7. The van der Waals surface area contributed by atoms with E-state index in [9.17, 15) is 9.59 Å². The topological polar surface area (TPSA) is 80.3 Å². The molecule has 0 saturated heterocycles. The molecule has 4 rings (SSSR count). The molecule has 2 N–H and O–H groups in total. The van der Waals surface area contributed by atoms with Gasteiger partial charge in [0.2, 0.25) is 0 Å². The van der Waals surface area contributed by atoms with Crippen molar-refractivity contribution < 1.29 is 14.3 Å². The molecule has 0 atom stereocenters. The Balaban J connectivity index is 1.21. The van der Waals surface area contributed by atoms with Gasteiger partial charge in [-0.25, -0.2) is 4.98 Å². The van der Waals surface area contributed by atoms with Crippen LogP contribution in [0.25, 0.3) is 0 Å². The van der Waals surface area contributed by atoms with Gasteiger partial charge < -0.3 is 15.4 Å². The summed E-state index contributed by atoms with van der Waals surface area (Å²) < 4.78 is 5.87. The number of carbonyl (C=O) groups excluding carboxylic acids is 2. The minimum atomic E-state index is -0.151. The number of ether oxygens (including phenoxy) is 1. The van der Waals surface area contributed by atoms with E-state index in [1.165, 1.54) is 16.9 Å². The van der Waals surface area contributed by atoms with E-state index in [4.69, 9.17) is 4.74 Å². The monoisotopic (exact) mass is 491 g/mol. The first-order valence-electron chi connectivity index (χ1n) is 12.3. The molecule has 2 aromatic carbocycles. The van der Waals surface area contributed by atoms with Crippen molar-refractivity contribution in [3.8, 4) is 5.75 Å². The van der Waals surface area contributed by atoms with Gasteiger partial charge in [-0.15, -0.1) is 11.3 Å². The lowest BCUT2D eigenvalue weighted by molar-refractivity contribution is 0.0889. The van der Waals surface area contributed by atoms with Crippen molar-refractivity contribution in [3.05, 3.63) is 80.8 Å². The number of nitrogens with one attached hydrogen (secondary N) is 2. The van der Waals surface area contributed by atoms with Crippen LogP contribution in [0.4, 0.5) is 0 Å². The molecule has 1 heterocycles. The van der Waals surface area contributed by atoms with Crippen LogP contribution >= 0.6 is 11.3 Å². The van der Waals surface area contributed by atoms with E-state index >= 15 is 0 Å². The Morgan fingerprint density at radius 3 is 2.14 bits per heavy atom. The van der Waals surface area contributed by atoms with Crippen molar-refractivity contribution in [2.24, 2.45) is 0 Å². The van der Waals surface area contributed by atoms with Gasteiger partial charge in [-0.05, 0) is 86.9 Å². The molecule has 35 heavy (non-hydrogen) atoms. The maximum Gasteiger partial charge on any atom is 0.270 e. The van der Waals surface area contributed by atoms with Crippen LogP contribution < -0.4 is 15.4 Å². The van der Waals surface area contributed by atoms with Crippen LogP contribution in [0.3, 0.4) is 0 Å². The molecule has 3 aromatic rings. The third-order valence-electron chi connectivity index (χ3n) is 6.36.